The van der Waals surface area contributed by atoms with Gasteiger partial charge in [-0.1, -0.05) is 24.3 Å². The predicted molar refractivity (Wildman–Crippen MR) is 81.4 cm³/mol. The standard InChI is InChI=1S/C17H26N2O/c20-13-16-7-5-15(6-8-16)11-19(10-14-3-4-14)12-17-2-1-9-18-17/h5-8,14,17-18,20H,1-4,9-13H2. The van der Waals surface area contributed by atoms with Gasteiger partial charge >= 0.3 is 0 Å². The number of rotatable bonds is 7. The van der Waals surface area contributed by atoms with Crippen LogP contribution in [-0.2, 0) is 13.2 Å². The summed E-state index contributed by atoms with van der Waals surface area (Å²) in [5.74, 6) is 0.938. The molecule has 0 radical (unpaired) electrons. The lowest BCUT2D eigenvalue weighted by atomic mass is 10.1. The summed E-state index contributed by atoms with van der Waals surface area (Å²) in [7, 11) is 0. The van der Waals surface area contributed by atoms with Gasteiger partial charge in [0.15, 0.2) is 0 Å². The van der Waals surface area contributed by atoms with E-state index in [-0.39, 0.29) is 6.61 Å². The van der Waals surface area contributed by atoms with Gasteiger partial charge in [0, 0.05) is 25.7 Å². The Hall–Kier alpha value is -0.900. The summed E-state index contributed by atoms with van der Waals surface area (Å²) in [4.78, 5) is 2.62. The van der Waals surface area contributed by atoms with Gasteiger partial charge in [0.25, 0.3) is 0 Å². The maximum Gasteiger partial charge on any atom is 0.0681 e. The smallest absolute Gasteiger partial charge is 0.0681 e. The fourth-order valence-corrected chi connectivity index (χ4v) is 3.10. The van der Waals surface area contributed by atoms with E-state index < -0.39 is 0 Å². The molecule has 0 aromatic heterocycles. The molecule has 1 aliphatic carbocycles. The molecule has 20 heavy (non-hydrogen) atoms. The molecule has 2 N–H and O–H groups in total. The van der Waals surface area contributed by atoms with Gasteiger partial charge in [-0.05, 0) is 49.3 Å². The summed E-state index contributed by atoms with van der Waals surface area (Å²) in [6, 6.07) is 9.09. The Balaban J connectivity index is 1.58. The van der Waals surface area contributed by atoms with Crippen LogP contribution in [0.2, 0.25) is 0 Å². The molecule has 1 aromatic carbocycles. The van der Waals surface area contributed by atoms with Crippen molar-refractivity contribution in [2.24, 2.45) is 5.92 Å². The van der Waals surface area contributed by atoms with Gasteiger partial charge in [-0.3, -0.25) is 4.90 Å². The molecule has 1 unspecified atom stereocenters. The van der Waals surface area contributed by atoms with Crippen LogP contribution in [0.15, 0.2) is 24.3 Å². The van der Waals surface area contributed by atoms with Crippen molar-refractivity contribution >= 4 is 0 Å². The third-order valence-electron chi connectivity index (χ3n) is 4.47. The largest absolute Gasteiger partial charge is 0.392 e. The van der Waals surface area contributed by atoms with E-state index in [1.54, 1.807) is 0 Å². The van der Waals surface area contributed by atoms with Gasteiger partial charge in [-0.2, -0.15) is 0 Å². The zero-order chi connectivity index (χ0) is 13.8. The molecule has 0 bridgehead atoms. The molecule has 1 atom stereocenters. The minimum atomic E-state index is 0.137. The Morgan fingerprint density at radius 3 is 2.40 bits per heavy atom. The molecule has 0 spiro atoms. The molecule has 0 amide bonds. The molecule has 2 fully saturated rings. The maximum absolute atomic E-state index is 9.11. The molecule has 2 aliphatic rings. The van der Waals surface area contributed by atoms with E-state index in [9.17, 15) is 0 Å². The number of nitrogens with zero attached hydrogens (tertiary/aromatic N) is 1. The Labute approximate surface area is 122 Å². The van der Waals surface area contributed by atoms with E-state index in [4.69, 9.17) is 5.11 Å². The fraction of sp³-hybridized carbons (Fsp3) is 0.647. The molecule has 110 valence electrons. The predicted octanol–water partition coefficient (Wildman–Crippen LogP) is 2.14. The second-order valence-electron chi connectivity index (χ2n) is 6.41. The molecular formula is C17H26N2O. The molecular weight excluding hydrogens is 248 g/mol. The average Bonchev–Trinajstić information content (AvgIpc) is 3.13. The van der Waals surface area contributed by atoms with Crippen LogP contribution in [0, 0.1) is 5.92 Å². The molecule has 1 aliphatic heterocycles. The van der Waals surface area contributed by atoms with Crippen LogP contribution in [0.1, 0.15) is 36.8 Å². The third-order valence-corrected chi connectivity index (χ3v) is 4.47. The van der Waals surface area contributed by atoms with E-state index >= 15 is 0 Å². The summed E-state index contributed by atoms with van der Waals surface area (Å²) >= 11 is 0. The number of hydrogen-bond acceptors (Lipinski definition) is 3. The lowest BCUT2D eigenvalue weighted by Crippen LogP contribution is -2.38. The number of benzene rings is 1. The Morgan fingerprint density at radius 2 is 1.80 bits per heavy atom. The number of aliphatic hydroxyl groups excluding tert-OH is 1. The van der Waals surface area contributed by atoms with E-state index in [2.05, 4.69) is 22.3 Å². The first-order valence-electron chi connectivity index (χ1n) is 7.98. The van der Waals surface area contributed by atoms with Crippen molar-refractivity contribution in [2.75, 3.05) is 19.6 Å². The molecule has 3 rings (SSSR count). The number of nitrogens with one attached hydrogen (secondary N) is 1. The number of hydrogen-bond donors (Lipinski definition) is 2. The monoisotopic (exact) mass is 274 g/mol. The molecule has 1 saturated carbocycles. The summed E-state index contributed by atoms with van der Waals surface area (Å²) in [6.45, 7) is 4.80. The van der Waals surface area contributed by atoms with Crippen molar-refractivity contribution in [2.45, 2.75) is 44.9 Å². The normalized spacial score (nSPS) is 22.6. The van der Waals surface area contributed by atoms with Crippen LogP contribution in [0.3, 0.4) is 0 Å². The van der Waals surface area contributed by atoms with Gasteiger partial charge in [0.2, 0.25) is 0 Å². The van der Waals surface area contributed by atoms with Crippen molar-refractivity contribution < 1.29 is 5.11 Å². The summed E-state index contributed by atoms with van der Waals surface area (Å²) in [6.07, 6.45) is 5.48. The third kappa shape index (κ3) is 4.05. The highest BCUT2D eigenvalue weighted by molar-refractivity contribution is 5.22. The van der Waals surface area contributed by atoms with Crippen molar-refractivity contribution in [1.82, 2.24) is 10.2 Å². The molecule has 3 heteroatoms. The highest BCUT2D eigenvalue weighted by atomic mass is 16.3. The first-order valence-corrected chi connectivity index (χ1v) is 7.98. The first-order chi connectivity index (χ1) is 9.83. The van der Waals surface area contributed by atoms with Crippen molar-refractivity contribution in [3.63, 3.8) is 0 Å². The zero-order valence-corrected chi connectivity index (χ0v) is 12.2. The summed E-state index contributed by atoms with van der Waals surface area (Å²) in [5, 5.41) is 12.7. The van der Waals surface area contributed by atoms with Crippen molar-refractivity contribution in [1.29, 1.82) is 0 Å². The van der Waals surface area contributed by atoms with Crippen LogP contribution in [0.25, 0.3) is 0 Å². The van der Waals surface area contributed by atoms with Gasteiger partial charge < -0.3 is 10.4 Å². The summed E-state index contributed by atoms with van der Waals surface area (Å²) < 4.78 is 0. The van der Waals surface area contributed by atoms with Crippen LogP contribution >= 0.6 is 0 Å². The summed E-state index contributed by atoms with van der Waals surface area (Å²) in [5.41, 5.74) is 2.36. The van der Waals surface area contributed by atoms with Crippen LogP contribution in [0.5, 0.6) is 0 Å². The SMILES string of the molecule is OCc1ccc(CN(CC2CC2)CC2CCCN2)cc1. The van der Waals surface area contributed by atoms with Crippen LogP contribution in [0.4, 0.5) is 0 Å². The van der Waals surface area contributed by atoms with E-state index in [0.29, 0.717) is 6.04 Å². The van der Waals surface area contributed by atoms with Crippen molar-refractivity contribution in [3.8, 4) is 0 Å². The first kappa shape index (κ1) is 14.1. The van der Waals surface area contributed by atoms with Gasteiger partial charge in [0.1, 0.15) is 0 Å². The lowest BCUT2D eigenvalue weighted by molar-refractivity contribution is 0.231. The Morgan fingerprint density at radius 1 is 1.05 bits per heavy atom. The van der Waals surface area contributed by atoms with Gasteiger partial charge in [-0.25, -0.2) is 0 Å². The highest BCUT2D eigenvalue weighted by Gasteiger charge is 2.26. The molecule has 1 saturated heterocycles. The zero-order valence-electron chi connectivity index (χ0n) is 12.2. The molecule has 3 nitrogen and oxygen atoms in total. The van der Waals surface area contributed by atoms with Gasteiger partial charge in [-0.15, -0.1) is 0 Å². The van der Waals surface area contributed by atoms with E-state index in [1.807, 2.05) is 12.1 Å². The fourth-order valence-electron chi connectivity index (χ4n) is 3.10. The second kappa shape index (κ2) is 6.70. The molecule has 1 aromatic rings. The quantitative estimate of drug-likeness (QED) is 0.799. The van der Waals surface area contributed by atoms with Crippen molar-refractivity contribution in [3.05, 3.63) is 35.4 Å². The highest BCUT2D eigenvalue weighted by Crippen LogP contribution is 2.30. The topological polar surface area (TPSA) is 35.5 Å². The van der Waals surface area contributed by atoms with E-state index in [0.717, 1.165) is 18.0 Å². The number of aliphatic hydroxyl groups is 1. The van der Waals surface area contributed by atoms with Crippen LogP contribution < -0.4 is 5.32 Å². The average molecular weight is 274 g/mol. The van der Waals surface area contributed by atoms with Crippen LogP contribution in [-0.4, -0.2) is 35.7 Å². The maximum atomic E-state index is 9.11. The Bertz CT molecular complexity index is 408. The minimum Gasteiger partial charge on any atom is -0.392 e. The minimum absolute atomic E-state index is 0.137. The van der Waals surface area contributed by atoms with Gasteiger partial charge in [0.05, 0.1) is 6.61 Å². The molecule has 1 heterocycles. The Kier molecular flexibility index (Phi) is 4.71. The lowest BCUT2D eigenvalue weighted by Gasteiger charge is -2.26. The second-order valence-corrected chi connectivity index (χ2v) is 6.41. The van der Waals surface area contributed by atoms with E-state index in [1.165, 1.54) is 50.9 Å².